The molecule has 0 aliphatic rings. The topological polar surface area (TPSA) is 58.4 Å². The third kappa shape index (κ3) is 8.10. The lowest BCUT2D eigenvalue weighted by Crippen LogP contribution is -2.37. The molecule has 1 unspecified atom stereocenters. The van der Waals surface area contributed by atoms with Crippen LogP contribution in [0.25, 0.3) is 0 Å². The summed E-state index contributed by atoms with van der Waals surface area (Å²) in [5.41, 5.74) is 5.59. The Morgan fingerprint density at radius 1 is 1.41 bits per heavy atom. The quantitative estimate of drug-likeness (QED) is 0.642. The summed E-state index contributed by atoms with van der Waals surface area (Å²) >= 11 is 4.95. The summed E-state index contributed by atoms with van der Waals surface area (Å²) in [6.07, 6.45) is 0.524. The molecule has 4 nitrogen and oxygen atoms in total. The number of thiocarbonyl (C=S) groups is 1. The van der Waals surface area contributed by atoms with Gasteiger partial charge in [0.05, 0.1) is 4.99 Å². The number of amides is 1. The molecule has 0 aromatic heterocycles. The molecule has 0 saturated carbocycles. The average molecular weight is 259 g/mol. The first-order chi connectivity index (χ1) is 7.86. The van der Waals surface area contributed by atoms with Crippen LogP contribution in [0.15, 0.2) is 0 Å². The van der Waals surface area contributed by atoms with Crippen LogP contribution < -0.4 is 11.1 Å². The van der Waals surface area contributed by atoms with Gasteiger partial charge in [-0.1, -0.05) is 26.1 Å². The zero-order valence-corrected chi connectivity index (χ0v) is 12.1. The lowest BCUT2D eigenvalue weighted by atomic mass is 10.1. The Kier molecular flexibility index (Phi) is 8.08. The minimum Gasteiger partial charge on any atom is -0.393 e. The van der Waals surface area contributed by atoms with Crippen LogP contribution in [0.1, 0.15) is 34.1 Å². The van der Waals surface area contributed by atoms with E-state index in [4.69, 9.17) is 18.0 Å². The van der Waals surface area contributed by atoms with Gasteiger partial charge in [0.1, 0.15) is 0 Å². The van der Waals surface area contributed by atoms with Crippen molar-refractivity contribution in [3.63, 3.8) is 0 Å². The van der Waals surface area contributed by atoms with E-state index in [2.05, 4.69) is 17.1 Å². The second-order valence-corrected chi connectivity index (χ2v) is 5.14. The summed E-state index contributed by atoms with van der Waals surface area (Å²) in [4.78, 5) is 14.2. The predicted octanol–water partition coefficient (Wildman–Crippen LogP) is 1.15. The highest BCUT2D eigenvalue weighted by Gasteiger charge is 2.12. The van der Waals surface area contributed by atoms with Crippen LogP contribution in [-0.2, 0) is 4.79 Å². The molecule has 0 heterocycles. The fraction of sp³-hybridized carbons (Fsp3) is 0.833. The summed E-state index contributed by atoms with van der Waals surface area (Å²) in [6, 6.07) is 0.202. The van der Waals surface area contributed by atoms with Crippen LogP contribution in [0.3, 0.4) is 0 Å². The lowest BCUT2D eigenvalue weighted by Gasteiger charge is -2.23. The van der Waals surface area contributed by atoms with Gasteiger partial charge < -0.3 is 16.0 Å². The number of nitrogens with two attached hydrogens (primary N) is 1. The molecule has 0 radical (unpaired) electrons. The maximum absolute atomic E-state index is 11.5. The lowest BCUT2D eigenvalue weighted by molar-refractivity contribution is -0.121. The van der Waals surface area contributed by atoms with Crippen molar-refractivity contribution in [2.24, 2.45) is 11.7 Å². The van der Waals surface area contributed by atoms with Crippen molar-refractivity contribution in [2.45, 2.75) is 40.2 Å². The molecular formula is C12H25N3OS. The van der Waals surface area contributed by atoms with Gasteiger partial charge in [0, 0.05) is 31.5 Å². The van der Waals surface area contributed by atoms with Gasteiger partial charge in [-0.05, 0) is 20.4 Å². The first-order valence-corrected chi connectivity index (χ1v) is 6.58. The van der Waals surface area contributed by atoms with Gasteiger partial charge in [0.25, 0.3) is 0 Å². The summed E-state index contributed by atoms with van der Waals surface area (Å²) in [7, 11) is 0. The van der Waals surface area contributed by atoms with E-state index in [-0.39, 0.29) is 17.9 Å². The number of carbonyl (C=O) groups is 1. The summed E-state index contributed by atoms with van der Waals surface area (Å²) in [6.45, 7) is 10.5. The van der Waals surface area contributed by atoms with Crippen molar-refractivity contribution in [2.75, 3.05) is 19.6 Å². The Hall–Kier alpha value is -0.680. The van der Waals surface area contributed by atoms with Gasteiger partial charge in [-0.25, -0.2) is 0 Å². The summed E-state index contributed by atoms with van der Waals surface area (Å²) in [5, 5.41) is 2.88. The Labute approximate surface area is 110 Å². The van der Waals surface area contributed by atoms with E-state index in [0.29, 0.717) is 11.4 Å². The fourth-order valence-electron chi connectivity index (χ4n) is 1.51. The van der Waals surface area contributed by atoms with Gasteiger partial charge >= 0.3 is 0 Å². The smallest absolute Gasteiger partial charge is 0.221 e. The molecular weight excluding hydrogens is 234 g/mol. The predicted molar refractivity (Wildman–Crippen MR) is 76.0 cm³/mol. The summed E-state index contributed by atoms with van der Waals surface area (Å²) < 4.78 is 0. The number of nitrogens with zero attached hydrogens (tertiary/aromatic N) is 1. The molecule has 0 spiro atoms. The maximum Gasteiger partial charge on any atom is 0.221 e. The maximum atomic E-state index is 11.5. The van der Waals surface area contributed by atoms with Gasteiger partial charge in [0.2, 0.25) is 5.91 Å². The highest BCUT2D eigenvalue weighted by molar-refractivity contribution is 7.80. The number of carbonyl (C=O) groups excluding carboxylic acids is 1. The summed E-state index contributed by atoms with van der Waals surface area (Å²) in [5.74, 6) is 0.291. The van der Waals surface area contributed by atoms with Gasteiger partial charge in [0.15, 0.2) is 0 Å². The molecule has 0 aromatic carbocycles. The molecule has 1 atom stereocenters. The Morgan fingerprint density at radius 2 is 2.00 bits per heavy atom. The third-order valence-electron chi connectivity index (χ3n) is 2.57. The Morgan fingerprint density at radius 3 is 2.41 bits per heavy atom. The minimum atomic E-state index is 0.0985. The van der Waals surface area contributed by atoms with Crippen molar-refractivity contribution in [3.8, 4) is 0 Å². The molecule has 17 heavy (non-hydrogen) atoms. The zero-order chi connectivity index (χ0) is 13.4. The van der Waals surface area contributed by atoms with Gasteiger partial charge in [-0.3, -0.25) is 4.79 Å². The standard InChI is InChI=1S/C12H25N3OS/c1-5-15(8-10(4)12(13)17)7-6-11(16)14-9(2)3/h9-10H,5-8H2,1-4H3,(H2,13,17)(H,14,16). The molecule has 0 aliphatic heterocycles. The fourth-order valence-corrected chi connectivity index (χ4v) is 1.58. The molecule has 0 aliphatic carbocycles. The van der Waals surface area contributed by atoms with E-state index in [1.54, 1.807) is 0 Å². The number of rotatable bonds is 8. The normalized spacial score (nSPS) is 12.8. The van der Waals surface area contributed by atoms with Gasteiger partial charge in [-0.2, -0.15) is 0 Å². The van der Waals surface area contributed by atoms with Crippen LogP contribution >= 0.6 is 12.2 Å². The van der Waals surface area contributed by atoms with E-state index >= 15 is 0 Å². The molecule has 100 valence electrons. The average Bonchev–Trinajstić information content (AvgIpc) is 2.22. The van der Waals surface area contributed by atoms with Crippen LogP contribution in [0.4, 0.5) is 0 Å². The third-order valence-corrected chi connectivity index (χ3v) is 2.97. The second-order valence-electron chi connectivity index (χ2n) is 4.67. The molecule has 1 amide bonds. The van der Waals surface area contributed by atoms with Crippen molar-refractivity contribution in [1.29, 1.82) is 0 Å². The van der Waals surface area contributed by atoms with Crippen molar-refractivity contribution in [1.82, 2.24) is 10.2 Å². The molecule has 0 bridgehead atoms. The van der Waals surface area contributed by atoms with Crippen molar-refractivity contribution in [3.05, 3.63) is 0 Å². The van der Waals surface area contributed by atoms with E-state index in [1.165, 1.54) is 0 Å². The number of hydrogen-bond acceptors (Lipinski definition) is 3. The van der Waals surface area contributed by atoms with E-state index in [9.17, 15) is 4.79 Å². The number of nitrogens with one attached hydrogen (secondary N) is 1. The highest BCUT2D eigenvalue weighted by atomic mass is 32.1. The van der Waals surface area contributed by atoms with Crippen LogP contribution in [0.5, 0.6) is 0 Å². The highest BCUT2D eigenvalue weighted by Crippen LogP contribution is 2.01. The monoisotopic (exact) mass is 259 g/mol. The van der Waals surface area contributed by atoms with Crippen LogP contribution in [0, 0.1) is 5.92 Å². The molecule has 0 aromatic rings. The SMILES string of the molecule is CCN(CCC(=O)NC(C)C)CC(C)C(N)=S. The first kappa shape index (κ1) is 16.3. The first-order valence-electron chi connectivity index (χ1n) is 6.17. The largest absolute Gasteiger partial charge is 0.393 e. The van der Waals surface area contributed by atoms with E-state index < -0.39 is 0 Å². The van der Waals surface area contributed by atoms with E-state index in [1.807, 2.05) is 20.8 Å². The van der Waals surface area contributed by atoms with E-state index in [0.717, 1.165) is 19.6 Å². The second kappa shape index (κ2) is 8.42. The molecule has 0 rings (SSSR count). The van der Waals surface area contributed by atoms with Crippen LogP contribution in [-0.4, -0.2) is 41.5 Å². The molecule has 5 heteroatoms. The Balaban J connectivity index is 3.97. The zero-order valence-electron chi connectivity index (χ0n) is 11.3. The van der Waals surface area contributed by atoms with Gasteiger partial charge in [-0.15, -0.1) is 0 Å². The number of hydrogen-bond donors (Lipinski definition) is 2. The molecule has 3 N–H and O–H groups in total. The minimum absolute atomic E-state index is 0.0985. The Bertz CT molecular complexity index is 256. The molecule has 0 fully saturated rings. The van der Waals surface area contributed by atoms with Crippen LogP contribution in [0.2, 0.25) is 0 Å². The van der Waals surface area contributed by atoms with Crippen molar-refractivity contribution < 1.29 is 4.79 Å². The van der Waals surface area contributed by atoms with Crippen molar-refractivity contribution >= 4 is 23.1 Å². The molecule has 0 saturated heterocycles.